The van der Waals surface area contributed by atoms with Crippen LogP contribution in [0.15, 0.2) is 47.6 Å². The van der Waals surface area contributed by atoms with E-state index < -0.39 is 0 Å². The Bertz CT molecular complexity index is 1100. The molecule has 2 aromatic carbocycles. The number of carbonyl (C=O) groups excluding carboxylic acids is 2. The molecule has 0 aliphatic heterocycles. The molecule has 0 saturated carbocycles. The van der Waals surface area contributed by atoms with E-state index in [1.165, 1.54) is 11.8 Å². The van der Waals surface area contributed by atoms with Crippen LogP contribution in [0.1, 0.15) is 17.0 Å². The number of nitrogens with one attached hydrogen (secondary N) is 2. The van der Waals surface area contributed by atoms with Crippen LogP contribution in [0, 0.1) is 6.92 Å². The minimum atomic E-state index is -0.174. The van der Waals surface area contributed by atoms with Gasteiger partial charge >= 0.3 is 0 Å². The Morgan fingerprint density at radius 3 is 2.56 bits per heavy atom. The quantitative estimate of drug-likeness (QED) is 0.462. The highest BCUT2D eigenvalue weighted by Gasteiger charge is 2.13. The summed E-state index contributed by atoms with van der Waals surface area (Å²) in [7, 11) is 3.40. The van der Waals surface area contributed by atoms with Crippen LogP contribution in [0.25, 0.3) is 0 Å². The molecule has 8 nitrogen and oxygen atoms in total. The number of anilines is 1. The molecule has 0 aliphatic rings. The first-order valence-electron chi connectivity index (χ1n) is 9.82. The van der Waals surface area contributed by atoms with Gasteiger partial charge in [0.15, 0.2) is 11.0 Å². The van der Waals surface area contributed by atoms with E-state index in [-0.39, 0.29) is 30.5 Å². The summed E-state index contributed by atoms with van der Waals surface area (Å²) in [6, 6.07) is 12.7. The van der Waals surface area contributed by atoms with Gasteiger partial charge in [0.2, 0.25) is 11.8 Å². The fraction of sp³-hybridized carbons (Fsp3) is 0.273. The third-order valence-electron chi connectivity index (χ3n) is 4.68. The third-order valence-corrected chi connectivity index (χ3v) is 6.11. The lowest BCUT2D eigenvalue weighted by Gasteiger charge is -2.08. The minimum Gasteiger partial charge on any atom is -0.497 e. The van der Waals surface area contributed by atoms with Gasteiger partial charge in [-0.15, -0.1) is 10.2 Å². The van der Waals surface area contributed by atoms with Crippen molar-refractivity contribution in [2.45, 2.75) is 25.0 Å². The standard InChI is InChI=1S/C22H24ClN5O3S/c1-14-4-7-16(11-18(14)23)25-21(30)13-32-22-27-26-19(28(22)2)12-24-20(29)10-15-5-8-17(31-3)9-6-15/h4-9,11H,10,12-13H2,1-3H3,(H,24,29)(H,25,30). The molecule has 2 N–H and O–H groups in total. The molecule has 0 unspecified atom stereocenters. The number of benzene rings is 2. The number of carbonyl (C=O) groups is 2. The van der Waals surface area contributed by atoms with Crippen LogP contribution < -0.4 is 15.4 Å². The Kier molecular flexibility index (Phi) is 8.13. The summed E-state index contributed by atoms with van der Waals surface area (Å²) >= 11 is 7.35. The predicted molar refractivity (Wildman–Crippen MR) is 125 cm³/mol. The third kappa shape index (κ3) is 6.48. The maximum Gasteiger partial charge on any atom is 0.234 e. The zero-order valence-electron chi connectivity index (χ0n) is 18.0. The van der Waals surface area contributed by atoms with Crippen molar-refractivity contribution >= 4 is 40.9 Å². The van der Waals surface area contributed by atoms with Crippen LogP contribution >= 0.6 is 23.4 Å². The highest BCUT2D eigenvalue weighted by Crippen LogP contribution is 2.21. The number of aryl methyl sites for hydroxylation is 1. The zero-order chi connectivity index (χ0) is 23.1. The monoisotopic (exact) mass is 473 g/mol. The number of methoxy groups -OCH3 is 1. The molecule has 0 bridgehead atoms. The molecule has 1 aromatic heterocycles. The molecule has 0 saturated heterocycles. The largest absolute Gasteiger partial charge is 0.497 e. The van der Waals surface area contributed by atoms with E-state index in [0.717, 1.165) is 16.9 Å². The van der Waals surface area contributed by atoms with Gasteiger partial charge in [-0.1, -0.05) is 41.6 Å². The molecule has 0 atom stereocenters. The predicted octanol–water partition coefficient (Wildman–Crippen LogP) is 3.38. The van der Waals surface area contributed by atoms with Gasteiger partial charge in [0.05, 0.1) is 25.8 Å². The molecule has 0 spiro atoms. The van der Waals surface area contributed by atoms with E-state index >= 15 is 0 Å². The van der Waals surface area contributed by atoms with Crippen molar-refractivity contribution in [1.82, 2.24) is 20.1 Å². The van der Waals surface area contributed by atoms with Crippen molar-refractivity contribution in [1.29, 1.82) is 0 Å². The van der Waals surface area contributed by atoms with Gasteiger partial charge in [-0.2, -0.15) is 0 Å². The van der Waals surface area contributed by atoms with E-state index in [4.69, 9.17) is 16.3 Å². The second kappa shape index (κ2) is 11.0. The van der Waals surface area contributed by atoms with E-state index in [9.17, 15) is 9.59 Å². The van der Waals surface area contributed by atoms with E-state index in [1.54, 1.807) is 30.9 Å². The number of rotatable bonds is 9. The number of amides is 2. The summed E-state index contributed by atoms with van der Waals surface area (Å²) in [6.45, 7) is 2.14. The maximum atomic E-state index is 12.2. The molecule has 1 heterocycles. The molecular weight excluding hydrogens is 450 g/mol. The van der Waals surface area contributed by atoms with Crippen LogP contribution in [-0.2, 0) is 29.6 Å². The van der Waals surface area contributed by atoms with Crippen LogP contribution in [-0.4, -0.2) is 39.4 Å². The van der Waals surface area contributed by atoms with Gasteiger partial charge in [0.1, 0.15) is 5.75 Å². The van der Waals surface area contributed by atoms with Gasteiger partial charge < -0.3 is 19.9 Å². The van der Waals surface area contributed by atoms with Crippen molar-refractivity contribution in [3.8, 4) is 5.75 Å². The molecular formula is C22H24ClN5O3S. The molecule has 3 rings (SSSR count). The fourth-order valence-electron chi connectivity index (χ4n) is 2.79. The average Bonchev–Trinajstić information content (AvgIpc) is 3.13. The van der Waals surface area contributed by atoms with Crippen molar-refractivity contribution < 1.29 is 14.3 Å². The number of aromatic nitrogens is 3. The smallest absolute Gasteiger partial charge is 0.234 e. The summed E-state index contributed by atoms with van der Waals surface area (Å²) in [5, 5.41) is 15.1. The van der Waals surface area contributed by atoms with Gasteiger partial charge in [0.25, 0.3) is 0 Å². The molecule has 2 amide bonds. The molecule has 168 valence electrons. The molecule has 0 aliphatic carbocycles. The van der Waals surface area contributed by atoms with Gasteiger partial charge in [-0.3, -0.25) is 9.59 Å². The van der Waals surface area contributed by atoms with Crippen molar-refractivity contribution in [3.63, 3.8) is 0 Å². The summed E-state index contributed by atoms with van der Waals surface area (Å²) < 4.78 is 6.88. The number of hydrogen-bond donors (Lipinski definition) is 2. The summed E-state index contributed by atoms with van der Waals surface area (Å²) in [6.07, 6.45) is 0.257. The lowest BCUT2D eigenvalue weighted by atomic mass is 10.1. The van der Waals surface area contributed by atoms with Gasteiger partial charge in [0, 0.05) is 17.8 Å². The van der Waals surface area contributed by atoms with Crippen molar-refractivity contribution in [2.24, 2.45) is 7.05 Å². The van der Waals surface area contributed by atoms with Crippen LogP contribution in [0.2, 0.25) is 5.02 Å². The zero-order valence-corrected chi connectivity index (χ0v) is 19.6. The second-order valence-electron chi connectivity index (χ2n) is 7.06. The Morgan fingerprint density at radius 1 is 1.12 bits per heavy atom. The number of thioether (sulfide) groups is 1. The highest BCUT2D eigenvalue weighted by molar-refractivity contribution is 7.99. The SMILES string of the molecule is COc1ccc(CC(=O)NCc2nnc(SCC(=O)Nc3ccc(C)c(Cl)c3)n2C)cc1. The normalized spacial score (nSPS) is 10.6. The first kappa shape index (κ1) is 23.6. The lowest BCUT2D eigenvalue weighted by Crippen LogP contribution is -2.26. The molecule has 10 heteroatoms. The molecule has 32 heavy (non-hydrogen) atoms. The first-order valence-corrected chi connectivity index (χ1v) is 11.2. The topological polar surface area (TPSA) is 98.1 Å². The number of ether oxygens (including phenoxy) is 1. The molecule has 0 fully saturated rings. The van der Waals surface area contributed by atoms with Crippen LogP contribution in [0.3, 0.4) is 0 Å². The Labute approximate surface area is 195 Å². The van der Waals surface area contributed by atoms with Crippen molar-refractivity contribution in [2.75, 3.05) is 18.2 Å². The van der Waals surface area contributed by atoms with E-state index in [0.29, 0.717) is 21.7 Å². The first-order chi connectivity index (χ1) is 15.4. The van der Waals surface area contributed by atoms with E-state index in [1.807, 2.05) is 37.3 Å². The highest BCUT2D eigenvalue weighted by atomic mass is 35.5. The average molecular weight is 474 g/mol. The Morgan fingerprint density at radius 2 is 1.88 bits per heavy atom. The maximum absolute atomic E-state index is 12.2. The number of hydrogen-bond acceptors (Lipinski definition) is 6. The summed E-state index contributed by atoms with van der Waals surface area (Å²) in [5.41, 5.74) is 2.48. The van der Waals surface area contributed by atoms with Crippen LogP contribution in [0.5, 0.6) is 5.75 Å². The summed E-state index contributed by atoms with van der Waals surface area (Å²) in [5.74, 6) is 1.22. The summed E-state index contributed by atoms with van der Waals surface area (Å²) in [4.78, 5) is 24.5. The minimum absolute atomic E-state index is 0.122. The second-order valence-corrected chi connectivity index (χ2v) is 8.41. The fourth-order valence-corrected chi connectivity index (χ4v) is 3.70. The lowest BCUT2D eigenvalue weighted by molar-refractivity contribution is -0.120. The molecule has 0 radical (unpaired) electrons. The van der Waals surface area contributed by atoms with Gasteiger partial charge in [-0.25, -0.2) is 0 Å². The molecule has 3 aromatic rings. The van der Waals surface area contributed by atoms with E-state index in [2.05, 4.69) is 20.8 Å². The Hall–Kier alpha value is -3.04. The number of nitrogens with zero attached hydrogens (tertiary/aromatic N) is 3. The van der Waals surface area contributed by atoms with Crippen molar-refractivity contribution in [3.05, 3.63) is 64.4 Å². The Balaban J connectivity index is 1.47. The number of halogens is 1. The van der Waals surface area contributed by atoms with Gasteiger partial charge in [-0.05, 0) is 42.3 Å². The van der Waals surface area contributed by atoms with Crippen LogP contribution in [0.4, 0.5) is 5.69 Å².